The van der Waals surface area contributed by atoms with Gasteiger partial charge in [0.05, 0.1) is 6.54 Å². The maximum Gasteiger partial charge on any atom is 0.282 e. The van der Waals surface area contributed by atoms with Crippen LogP contribution >= 0.6 is 22.9 Å². The number of nitrogens with zero attached hydrogens (tertiary/aromatic N) is 2. The number of rotatable bonds is 5. The Hall–Kier alpha value is -1.66. The molecule has 1 aromatic carbocycles. The summed E-state index contributed by atoms with van der Waals surface area (Å²) in [6, 6.07) is 9.39. The predicted octanol–water partition coefficient (Wildman–Crippen LogP) is 2.00. The topological polar surface area (TPSA) is 64.1 Å². The smallest absolute Gasteiger partial charge is 0.282 e. The summed E-state index contributed by atoms with van der Waals surface area (Å²) in [5, 5.41) is 10.1. The Morgan fingerprint density at radius 3 is 2.78 bits per heavy atom. The SMILES string of the molecule is O=C(NCCOc1ccccc1)c1nnc(Cl)s1. The van der Waals surface area contributed by atoms with Crippen LogP contribution in [0.15, 0.2) is 30.3 Å². The molecule has 94 valence electrons. The first-order valence-electron chi connectivity index (χ1n) is 5.21. The van der Waals surface area contributed by atoms with Gasteiger partial charge in [-0.1, -0.05) is 29.5 Å². The van der Waals surface area contributed by atoms with Crippen molar-refractivity contribution in [3.05, 3.63) is 39.8 Å². The highest BCUT2D eigenvalue weighted by atomic mass is 35.5. The summed E-state index contributed by atoms with van der Waals surface area (Å²) in [4.78, 5) is 11.6. The van der Waals surface area contributed by atoms with Gasteiger partial charge in [-0.25, -0.2) is 0 Å². The van der Waals surface area contributed by atoms with E-state index in [2.05, 4.69) is 15.5 Å². The molecule has 1 heterocycles. The lowest BCUT2D eigenvalue weighted by Crippen LogP contribution is -2.28. The molecule has 0 aliphatic carbocycles. The van der Waals surface area contributed by atoms with Gasteiger partial charge in [-0.05, 0) is 23.7 Å². The lowest BCUT2D eigenvalue weighted by molar-refractivity contribution is 0.0946. The summed E-state index contributed by atoms with van der Waals surface area (Å²) >= 11 is 6.63. The molecule has 0 saturated carbocycles. The highest BCUT2D eigenvalue weighted by Gasteiger charge is 2.10. The minimum atomic E-state index is -0.295. The number of nitrogens with one attached hydrogen (secondary N) is 1. The number of aromatic nitrogens is 2. The second kappa shape index (κ2) is 6.32. The molecule has 0 aliphatic rings. The second-order valence-corrected chi connectivity index (χ2v) is 4.84. The van der Waals surface area contributed by atoms with E-state index in [-0.39, 0.29) is 15.4 Å². The zero-order chi connectivity index (χ0) is 12.8. The van der Waals surface area contributed by atoms with Crippen LogP contribution in [0.5, 0.6) is 5.75 Å². The van der Waals surface area contributed by atoms with Crippen LogP contribution in [0, 0.1) is 0 Å². The molecule has 0 atom stereocenters. The monoisotopic (exact) mass is 283 g/mol. The zero-order valence-electron chi connectivity index (χ0n) is 9.30. The van der Waals surface area contributed by atoms with Crippen LogP contribution in [0.3, 0.4) is 0 Å². The Labute approximate surface area is 113 Å². The number of para-hydroxylation sites is 1. The van der Waals surface area contributed by atoms with Gasteiger partial charge in [0, 0.05) is 0 Å². The fourth-order valence-corrected chi connectivity index (χ4v) is 1.97. The number of hydrogen-bond acceptors (Lipinski definition) is 5. The highest BCUT2D eigenvalue weighted by Crippen LogP contribution is 2.14. The average molecular weight is 284 g/mol. The Balaban J connectivity index is 1.71. The molecule has 18 heavy (non-hydrogen) atoms. The van der Waals surface area contributed by atoms with Gasteiger partial charge in [0.2, 0.25) is 9.47 Å². The van der Waals surface area contributed by atoms with Gasteiger partial charge in [0.15, 0.2) is 0 Å². The van der Waals surface area contributed by atoms with Gasteiger partial charge in [0.1, 0.15) is 12.4 Å². The van der Waals surface area contributed by atoms with Gasteiger partial charge < -0.3 is 10.1 Å². The third kappa shape index (κ3) is 3.68. The molecule has 7 heteroatoms. The number of benzene rings is 1. The maximum atomic E-state index is 11.6. The van der Waals surface area contributed by atoms with Gasteiger partial charge in [0.25, 0.3) is 5.91 Å². The molecule has 0 fully saturated rings. The molecular weight excluding hydrogens is 274 g/mol. The number of halogens is 1. The summed E-state index contributed by atoms with van der Waals surface area (Å²) in [7, 11) is 0. The molecule has 0 unspecified atom stereocenters. The lowest BCUT2D eigenvalue weighted by atomic mass is 10.3. The molecule has 1 amide bonds. The summed E-state index contributed by atoms with van der Waals surface area (Å²) in [6.07, 6.45) is 0. The lowest BCUT2D eigenvalue weighted by Gasteiger charge is -2.06. The van der Waals surface area contributed by atoms with Crippen molar-refractivity contribution in [2.24, 2.45) is 0 Å². The van der Waals surface area contributed by atoms with E-state index in [1.165, 1.54) is 0 Å². The molecule has 0 radical (unpaired) electrons. The van der Waals surface area contributed by atoms with Crippen molar-refractivity contribution in [1.82, 2.24) is 15.5 Å². The minimum Gasteiger partial charge on any atom is -0.492 e. The summed E-state index contributed by atoms with van der Waals surface area (Å²) in [5.41, 5.74) is 0. The van der Waals surface area contributed by atoms with Gasteiger partial charge >= 0.3 is 0 Å². The Morgan fingerprint density at radius 2 is 2.11 bits per heavy atom. The fourth-order valence-electron chi connectivity index (χ4n) is 1.22. The predicted molar refractivity (Wildman–Crippen MR) is 69.2 cm³/mol. The number of carbonyl (C=O) groups excluding carboxylic acids is 1. The number of ether oxygens (including phenoxy) is 1. The normalized spacial score (nSPS) is 10.1. The van der Waals surface area contributed by atoms with Crippen molar-refractivity contribution < 1.29 is 9.53 Å². The Bertz CT molecular complexity index is 518. The highest BCUT2D eigenvalue weighted by molar-refractivity contribution is 7.17. The second-order valence-electron chi connectivity index (χ2n) is 3.28. The van der Waals surface area contributed by atoms with Crippen LogP contribution in [0.25, 0.3) is 0 Å². The molecule has 0 bridgehead atoms. The Kier molecular flexibility index (Phi) is 4.49. The number of hydrogen-bond donors (Lipinski definition) is 1. The molecule has 5 nitrogen and oxygen atoms in total. The summed E-state index contributed by atoms with van der Waals surface area (Å²) < 4.78 is 5.67. The Morgan fingerprint density at radius 1 is 1.33 bits per heavy atom. The van der Waals surface area contributed by atoms with Crippen LogP contribution in [-0.2, 0) is 0 Å². The van der Waals surface area contributed by atoms with Crippen molar-refractivity contribution in [3.8, 4) is 5.75 Å². The largest absolute Gasteiger partial charge is 0.492 e. The molecular formula is C11H10ClN3O2S. The molecule has 1 N–H and O–H groups in total. The van der Waals surface area contributed by atoms with E-state index in [9.17, 15) is 4.79 Å². The van der Waals surface area contributed by atoms with E-state index in [0.717, 1.165) is 17.1 Å². The fraction of sp³-hybridized carbons (Fsp3) is 0.182. The first kappa shape index (κ1) is 12.8. The van der Waals surface area contributed by atoms with Gasteiger partial charge in [-0.15, -0.1) is 10.2 Å². The van der Waals surface area contributed by atoms with Crippen molar-refractivity contribution in [1.29, 1.82) is 0 Å². The molecule has 0 spiro atoms. The standard InChI is InChI=1S/C11H10ClN3O2S/c12-11-15-14-10(18-11)9(16)13-6-7-17-8-4-2-1-3-5-8/h1-5H,6-7H2,(H,13,16). The average Bonchev–Trinajstić information content (AvgIpc) is 2.82. The molecule has 2 aromatic rings. The van der Waals surface area contributed by atoms with E-state index in [1.54, 1.807) is 0 Å². The van der Waals surface area contributed by atoms with Crippen molar-refractivity contribution >= 4 is 28.8 Å². The van der Waals surface area contributed by atoms with Gasteiger partial charge in [-0.2, -0.15) is 0 Å². The van der Waals surface area contributed by atoms with Crippen LogP contribution in [-0.4, -0.2) is 29.3 Å². The van der Waals surface area contributed by atoms with Gasteiger partial charge in [-0.3, -0.25) is 4.79 Å². The van der Waals surface area contributed by atoms with Crippen molar-refractivity contribution in [2.45, 2.75) is 0 Å². The number of amides is 1. The van der Waals surface area contributed by atoms with Crippen LogP contribution in [0.4, 0.5) is 0 Å². The molecule has 2 rings (SSSR count). The zero-order valence-corrected chi connectivity index (χ0v) is 10.9. The van der Waals surface area contributed by atoms with Crippen molar-refractivity contribution in [3.63, 3.8) is 0 Å². The number of carbonyl (C=O) groups is 1. The van der Waals surface area contributed by atoms with E-state index in [4.69, 9.17) is 16.3 Å². The summed E-state index contributed by atoms with van der Waals surface area (Å²) in [5.74, 6) is 0.474. The third-order valence-corrected chi connectivity index (χ3v) is 3.01. The van der Waals surface area contributed by atoms with E-state index in [1.807, 2.05) is 30.3 Å². The third-order valence-electron chi connectivity index (χ3n) is 1.99. The van der Waals surface area contributed by atoms with Crippen LogP contribution < -0.4 is 10.1 Å². The molecule has 0 saturated heterocycles. The minimum absolute atomic E-state index is 0.250. The maximum absolute atomic E-state index is 11.6. The van der Waals surface area contributed by atoms with E-state index in [0.29, 0.717) is 13.2 Å². The van der Waals surface area contributed by atoms with Crippen LogP contribution in [0.1, 0.15) is 9.80 Å². The molecule has 0 aliphatic heterocycles. The molecule has 1 aromatic heterocycles. The van der Waals surface area contributed by atoms with Crippen molar-refractivity contribution in [2.75, 3.05) is 13.2 Å². The first-order chi connectivity index (χ1) is 8.75. The quantitative estimate of drug-likeness (QED) is 0.853. The van der Waals surface area contributed by atoms with Crippen LogP contribution in [0.2, 0.25) is 4.47 Å². The summed E-state index contributed by atoms with van der Waals surface area (Å²) in [6.45, 7) is 0.785. The van der Waals surface area contributed by atoms with E-state index >= 15 is 0 Å². The van der Waals surface area contributed by atoms with E-state index < -0.39 is 0 Å². The first-order valence-corrected chi connectivity index (χ1v) is 6.40.